The summed E-state index contributed by atoms with van der Waals surface area (Å²) in [4.78, 5) is 21.9. The van der Waals surface area contributed by atoms with Crippen LogP contribution in [0.15, 0.2) is 24.3 Å². The van der Waals surface area contributed by atoms with Gasteiger partial charge in [-0.15, -0.1) is 0 Å². The fourth-order valence-electron chi connectivity index (χ4n) is 0.916. The first kappa shape index (κ1) is 11.5. The van der Waals surface area contributed by atoms with Crippen LogP contribution in [-0.2, 0) is 9.59 Å². The average molecular weight is 228 g/mol. The lowest BCUT2D eigenvalue weighted by molar-refractivity contribution is -0.144. The zero-order valence-corrected chi connectivity index (χ0v) is 8.78. The van der Waals surface area contributed by atoms with E-state index in [1.165, 1.54) is 6.92 Å². The van der Waals surface area contributed by atoms with E-state index in [-0.39, 0.29) is 0 Å². The number of amides is 1. The van der Waals surface area contributed by atoms with Gasteiger partial charge < -0.3 is 10.4 Å². The Kier molecular flexibility index (Phi) is 3.68. The third-order valence-corrected chi connectivity index (χ3v) is 2.23. The summed E-state index contributed by atoms with van der Waals surface area (Å²) in [5, 5.41) is 11.4. The average Bonchev–Trinajstić information content (AvgIpc) is 2.20. The summed E-state index contributed by atoms with van der Waals surface area (Å²) < 4.78 is 0. The molecule has 1 amide bonds. The lowest BCUT2D eigenvalue weighted by Crippen LogP contribution is -2.26. The number of nitrogens with one attached hydrogen (secondary N) is 1. The van der Waals surface area contributed by atoms with E-state index in [9.17, 15) is 9.59 Å². The van der Waals surface area contributed by atoms with Gasteiger partial charge in [-0.1, -0.05) is 23.7 Å². The maximum Gasteiger partial charge on any atom is 0.315 e. The second kappa shape index (κ2) is 4.79. The monoisotopic (exact) mass is 227 g/mol. The Morgan fingerprint density at radius 3 is 2.53 bits per heavy atom. The lowest BCUT2D eigenvalue weighted by atomic mass is 10.1. The number of aliphatic carboxylic acids is 1. The van der Waals surface area contributed by atoms with Gasteiger partial charge in [0.1, 0.15) is 5.92 Å². The molecule has 2 N–H and O–H groups in total. The SMILES string of the molecule is CC(C(=O)O)C(=O)Nc1ccccc1Cl. The van der Waals surface area contributed by atoms with Crippen molar-refractivity contribution in [3.63, 3.8) is 0 Å². The Balaban J connectivity index is 2.75. The molecule has 0 aliphatic rings. The molecule has 0 aliphatic carbocycles. The fourth-order valence-corrected chi connectivity index (χ4v) is 1.10. The van der Waals surface area contributed by atoms with Crippen molar-refractivity contribution in [1.82, 2.24) is 0 Å². The van der Waals surface area contributed by atoms with Gasteiger partial charge in [-0.25, -0.2) is 0 Å². The number of carbonyl (C=O) groups excluding carboxylic acids is 1. The smallest absolute Gasteiger partial charge is 0.315 e. The Morgan fingerprint density at radius 2 is 2.00 bits per heavy atom. The molecule has 0 fully saturated rings. The van der Waals surface area contributed by atoms with Crippen molar-refractivity contribution >= 4 is 29.2 Å². The molecule has 1 rings (SSSR count). The van der Waals surface area contributed by atoms with Gasteiger partial charge in [0.2, 0.25) is 5.91 Å². The number of rotatable bonds is 3. The largest absolute Gasteiger partial charge is 0.481 e. The third kappa shape index (κ3) is 2.95. The molecule has 1 atom stereocenters. The Bertz CT molecular complexity index is 392. The van der Waals surface area contributed by atoms with Crippen molar-refractivity contribution in [2.45, 2.75) is 6.92 Å². The van der Waals surface area contributed by atoms with Crippen LogP contribution in [0, 0.1) is 5.92 Å². The van der Waals surface area contributed by atoms with Gasteiger partial charge in [0.05, 0.1) is 10.7 Å². The molecule has 0 saturated carbocycles. The number of para-hydroxylation sites is 1. The highest BCUT2D eigenvalue weighted by molar-refractivity contribution is 6.33. The molecule has 0 bridgehead atoms. The quantitative estimate of drug-likeness (QED) is 0.777. The van der Waals surface area contributed by atoms with Gasteiger partial charge in [0.25, 0.3) is 0 Å². The molecule has 0 heterocycles. The van der Waals surface area contributed by atoms with Crippen LogP contribution in [0.2, 0.25) is 5.02 Å². The normalized spacial score (nSPS) is 11.9. The van der Waals surface area contributed by atoms with E-state index in [1.807, 2.05) is 0 Å². The second-order valence-corrected chi connectivity index (χ2v) is 3.44. The Morgan fingerprint density at radius 1 is 1.40 bits per heavy atom. The predicted molar refractivity (Wildman–Crippen MR) is 56.9 cm³/mol. The van der Waals surface area contributed by atoms with Gasteiger partial charge in [0.15, 0.2) is 0 Å². The molecule has 15 heavy (non-hydrogen) atoms. The van der Waals surface area contributed by atoms with Crippen LogP contribution < -0.4 is 5.32 Å². The molecule has 5 heteroatoms. The number of halogens is 1. The number of hydrogen-bond acceptors (Lipinski definition) is 2. The lowest BCUT2D eigenvalue weighted by Gasteiger charge is -2.09. The highest BCUT2D eigenvalue weighted by Crippen LogP contribution is 2.20. The first-order chi connectivity index (χ1) is 7.02. The molecule has 0 radical (unpaired) electrons. The number of hydrogen-bond donors (Lipinski definition) is 2. The number of anilines is 1. The molecule has 80 valence electrons. The summed E-state index contributed by atoms with van der Waals surface area (Å²) in [6.45, 7) is 1.31. The number of carboxylic acid groups (broad SMARTS) is 1. The van der Waals surface area contributed by atoms with Crippen molar-refractivity contribution in [3.05, 3.63) is 29.3 Å². The minimum absolute atomic E-state index is 0.378. The summed E-state index contributed by atoms with van der Waals surface area (Å²) in [6.07, 6.45) is 0. The molecule has 0 aromatic heterocycles. The van der Waals surface area contributed by atoms with Crippen molar-refractivity contribution in [1.29, 1.82) is 0 Å². The summed E-state index contributed by atoms with van der Waals surface area (Å²) >= 11 is 5.79. The maximum absolute atomic E-state index is 11.4. The molecule has 0 saturated heterocycles. The molecular weight excluding hydrogens is 218 g/mol. The summed E-state index contributed by atoms with van der Waals surface area (Å²) in [6, 6.07) is 6.64. The third-order valence-electron chi connectivity index (χ3n) is 1.90. The summed E-state index contributed by atoms with van der Waals surface area (Å²) in [7, 11) is 0. The topological polar surface area (TPSA) is 66.4 Å². The first-order valence-electron chi connectivity index (χ1n) is 4.30. The van der Waals surface area contributed by atoms with Crippen LogP contribution in [0.3, 0.4) is 0 Å². The van der Waals surface area contributed by atoms with E-state index in [4.69, 9.17) is 16.7 Å². The maximum atomic E-state index is 11.4. The zero-order chi connectivity index (χ0) is 11.4. The van der Waals surface area contributed by atoms with Crippen LogP contribution >= 0.6 is 11.6 Å². The minimum Gasteiger partial charge on any atom is -0.481 e. The Labute approximate surface area is 91.9 Å². The van der Waals surface area contributed by atoms with E-state index in [0.717, 1.165) is 0 Å². The molecule has 0 aliphatic heterocycles. The number of carbonyl (C=O) groups is 2. The Hall–Kier alpha value is -1.55. The van der Waals surface area contributed by atoms with Gasteiger partial charge in [-0.3, -0.25) is 9.59 Å². The standard InChI is InChI=1S/C10H10ClNO3/c1-6(10(14)15)9(13)12-8-5-3-2-4-7(8)11/h2-6H,1H3,(H,12,13)(H,14,15). The predicted octanol–water partition coefficient (Wildman–Crippen LogP) is 2.00. The van der Waals surface area contributed by atoms with Crippen LogP contribution in [0.5, 0.6) is 0 Å². The van der Waals surface area contributed by atoms with Gasteiger partial charge >= 0.3 is 5.97 Å². The zero-order valence-electron chi connectivity index (χ0n) is 8.03. The first-order valence-corrected chi connectivity index (χ1v) is 4.68. The van der Waals surface area contributed by atoms with Crippen molar-refractivity contribution in [2.24, 2.45) is 5.92 Å². The van der Waals surface area contributed by atoms with Crippen LogP contribution in [0.25, 0.3) is 0 Å². The van der Waals surface area contributed by atoms with Crippen LogP contribution in [-0.4, -0.2) is 17.0 Å². The van der Waals surface area contributed by atoms with Gasteiger partial charge in [-0.2, -0.15) is 0 Å². The van der Waals surface area contributed by atoms with Crippen LogP contribution in [0.1, 0.15) is 6.92 Å². The van der Waals surface area contributed by atoms with Gasteiger partial charge in [-0.05, 0) is 19.1 Å². The van der Waals surface area contributed by atoms with E-state index >= 15 is 0 Å². The van der Waals surface area contributed by atoms with Crippen molar-refractivity contribution in [2.75, 3.05) is 5.32 Å². The highest BCUT2D eigenvalue weighted by Gasteiger charge is 2.20. The molecule has 1 aromatic carbocycles. The van der Waals surface area contributed by atoms with Crippen LogP contribution in [0.4, 0.5) is 5.69 Å². The van der Waals surface area contributed by atoms with Gasteiger partial charge in [0, 0.05) is 0 Å². The minimum atomic E-state index is -1.17. The van der Waals surface area contributed by atoms with E-state index in [1.54, 1.807) is 24.3 Å². The van der Waals surface area contributed by atoms with E-state index in [0.29, 0.717) is 10.7 Å². The fraction of sp³-hybridized carbons (Fsp3) is 0.200. The molecule has 4 nitrogen and oxygen atoms in total. The van der Waals surface area contributed by atoms with E-state index in [2.05, 4.69) is 5.32 Å². The molecule has 1 aromatic rings. The van der Waals surface area contributed by atoms with E-state index < -0.39 is 17.8 Å². The number of benzene rings is 1. The number of carboxylic acids is 1. The summed E-state index contributed by atoms with van der Waals surface area (Å²) in [5.41, 5.74) is 0.414. The second-order valence-electron chi connectivity index (χ2n) is 3.03. The molecule has 0 spiro atoms. The van der Waals surface area contributed by atoms with Crippen molar-refractivity contribution < 1.29 is 14.7 Å². The highest BCUT2D eigenvalue weighted by atomic mass is 35.5. The summed E-state index contributed by atoms with van der Waals surface area (Å²) in [5.74, 6) is -2.85. The molecule has 1 unspecified atom stereocenters. The molecular formula is C10H10ClNO3. The van der Waals surface area contributed by atoms with Crippen molar-refractivity contribution in [3.8, 4) is 0 Å².